The van der Waals surface area contributed by atoms with E-state index >= 15 is 0 Å². The van der Waals surface area contributed by atoms with Crippen LogP contribution >= 0.6 is 0 Å². The number of piperidine rings is 1. The third-order valence-electron chi connectivity index (χ3n) is 1.71. The second kappa shape index (κ2) is 3.39. The van der Waals surface area contributed by atoms with Crippen molar-refractivity contribution < 1.29 is 15.0 Å². The third-order valence-corrected chi connectivity index (χ3v) is 1.71. The van der Waals surface area contributed by atoms with Crippen LogP contribution in [0.4, 0.5) is 0 Å². The van der Waals surface area contributed by atoms with E-state index in [1.165, 1.54) is 0 Å². The van der Waals surface area contributed by atoms with E-state index in [2.05, 4.69) is 5.32 Å². The van der Waals surface area contributed by atoms with Crippen LogP contribution in [-0.4, -0.2) is 29.3 Å². The Labute approximate surface area is 64.5 Å². The van der Waals surface area contributed by atoms with Crippen LogP contribution in [0.25, 0.3) is 0 Å². The summed E-state index contributed by atoms with van der Waals surface area (Å²) in [7, 11) is 0. The van der Waals surface area contributed by atoms with Crippen molar-refractivity contribution in [2.45, 2.75) is 12.8 Å². The zero-order chi connectivity index (χ0) is 8.27. The first-order valence-corrected chi connectivity index (χ1v) is 3.57. The minimum absolute atomic E-state index is 0.489. The lowest BCUT2D eigenvalue weighted by atomic mass is 10.1. The highest BCUT2D eigenvalue weighted by Gasteiger charge is 2.14. The number of carboxylic acid groups (broad SMARTS) is 1. The van der Waals surface area contributed by atoms with Gasteiger partial charge in [-0.25, -0.2) is 4.79 Å². The van der Waals surface area contributed by atoms with E-state index in [1.807, 2.05) is 0 Å². The number of carboxylic acids is 1. The smallest absolute Gasteiger partial charge is 0.370 e. The van der Waals surface area contributed by atoms with Gasteiger partial charge in [-0.2, -0.15) is 0 Å². The summed E-state index contributed by atoms with van der Waals surface area (Å²) in [6, 6.07) is 0. The largest absolute Gasteiger partial charge is 0.502 e. The number of aliphatic carboxylic acids is 1. The van der Waals surface area contributed by atoms with Crippen LogP contribution in [0.3, 0.4) is 0 Å². The van der Waals surface area contributed by atoms with Gasteiger partial charge in [-0.1, -0.05) is 0 Å². The van der Waals surface area contributed by atoms with E-state index in [9.17, 15) is 4.79 Å². The standard InChI is InChI=1S/C7H11NO3/c9-6(7(10)11)5-2-1-3-8-4-5/h8-9H,1-4H2,(H,10,11). The predicted molar refractivity (Wildman–Crippen MR) is 39.4 cm³/mol. The number of rotatable bonds is 1. The summed E-state index contributed by atoms with van der Waals surface area (Å²) >= 11 is 0. The fourth-order valence-electron chi connectivity index (χ4n) is 1.11. The maximum Gasteiger partial charge on any atom is 0.370 e. The number of carbonyl (C=O) groups is 1. The summed E-state index contributed by atoms with van der Waals surface area (Å²) in [5.41, 5.74) is 0.601. The zero-order valence-electron chi connectivity index (χ0n) is 6.13. The predicted octanol–water partition coefficient (Wildman–Crippen LogP) is 0.267. The van der Waals surface area contributed by atoms with E-state index < -0.39 is 11.7 Å². The van der Waals surface area contributed by atoms with Crippen molar-refractivity contribution in [3.05, 3.63) is 11.3 Å². The lowest BCUT2D eigenvalue weighted by Gasteiger charge is -2.15. The number of hydrogen-bond acceptors (Lipinski definition) is 3. The average Bonchev–Trinajstić information content (AvgIpc) is 2.05. The van der Waals surface area contributed by atoms with Crippen LogP contribution in [0, 0.1) is 0 Å². The SMILES string of the molecule is O=C(O)C(O)=C1CCCNC1. The fraction of sp³-hybridized carbons (Fsp3) is 0.571. The van der Waals surface area contributed by atoms with E-state index in [1.54, 1.807) is 0 Å². The Hall–Kier alpha value is -1.03. The summed E-state index contributed by atoms with van der Waals surface area (Å²) in [6.45, 7) is 1.40. The molecule has 0 aromatic heterocycles. The monoisotopic (exact) mass is 157 g/mol. The Morgan fingerprint density at radius 3 is 2.64 bits per heavy atom. The Morgan fingerprint density at radius 2 is 2.18 bits per heavy atom. The molecule has 1 aliphatic heterocycles. The van der Waals surface area contributed by atoms with Gasteiger partial charge in [0.2, 0.25) is 5.76 Å². The first kappa shape index (κ1) is 8.07. The van der Waals surface area contributed by atoms with Crippen molar-refractivity contribution in [2.75, 3.05) is 13.1 Å². The molecule has 0 bridgehead atoms. The summed E-state index contributed by atoms with van der Waals surface area (Å²) in [5, 5.41) is 20.4. The van der Waals surface area contributed by atoms with Crippen molar-refractivity contribution in [3.63, 3.8) is 0 Å². The molecule has 1 aliphatic rings. The first-order valence-electron chi connectivity index (χ1n) is 3.57. The van der Waals surface area contributed by atoms with Gasteiger partial charge in [-0.3, -0.25) is 0 Å². The lowest BCUT2D eigenvalue weighted by molar-refractivity contribution is -0.135. The highest BCUT2D eigenvalue weighted by molar-refractivity contribution is 5.84. The zero-order valence-corrected chi connectivity index (χ0v) is 6.13. The minimum atomic E-state index is -1.23. The number of nitrogens with one attached hydrogen (secondary N) is 1. The molecule has 1 fully saturated rings. The second-order valence-electron chi connectivity index (χ2n) is 2.54. The van der Waals surface area contributed by atoms with Gasteiger partial charge in [0.1, 0.15) is 0 Å². The van der Waals surface area contributed by atoms with Crippen LogP contribution in [0.15, 0.2) is 11.3 Å². The molecular weight excluding hydrogens is 146 g/mol. The molecule has 0 atom stereocenters. The molecular formula is C7H11NO3. The van der Waals surface area contributed by atoms with Gasteiger partial charge in [-0.05, 0) is 25.0 Å². The van der Waals surface area contributed by atoms with Crippen LogP contribution in [0.1, 0.15) is 12.8 Å². The highest BCUT2D eigenvalue weighted by atomic mass is 16.4. The van der Waals surface area contributed by atoms with Gasteiger partial charge in [0.05, 0.1) is 0 Å². The third kappa shape index (κ3) is 1.94. The Morgan fingerprint density at radius 1 is 1.45 bits per heavy atom. The molecule has 1 saturated heterocycles. The molecule has 0 aromatic rings. The van der Waals surface area contributed by atoms with E-state index in [4.69, 9.17) is 10.2 Å². The summed E-state index contributed by atoms with van der Waals surface area (Å²) < 4.78 is 0. The highest BCUT2D eigenvalue weighted by Crippen LogP contribution is 2.11. The Balaban J connectivity index is 2.68. The normalized spacial score (nSPS) is 22.9. The quantitative estimate of drug-likeness (QED) is 0.377. The second-order valence-corrected chi connectivity index (χ2v) is 2.54. The van der Waals surface area contributed by atoms with Crippen molar-refractivity contribution in [2.24, 2.45) is 0 Å². The van der Waals surface area contributed by atoms with Gasteiger partial charge in [-0.15, -0.1) is 0 Å². The van der Waals surface area contributed by atoms with Crippen molar-refractivity contribution in [3.8, 4) is 0 Å². The number of aliphatic hydroxyl groups is 1. The molecule has 62 valence electrons. The molecule has 1 heterocycles. The number of hydrogen-bond donors (Lipinski definition) is 3. The molecule has 0 aromatic carbocycles. The Bertz CT molecular complexity index is 190. The lowest BCUT2D eigenvalue weighted by Crippen LogP contribution is -2.26. The van der Waals surface area contributed by atoms with Crippen LogP contribution in [-0.2, 0) is 4.79 Å². The molecule has 4 heteroatoms. The molecule has 1 rings (SSSR count). The molecule has 11 heavy (non-hydrogen) atoms. The summed E-state index contributed by atoms with van der Waals surface area (Å²) in [5.74, 6) is -1.72. The van der Waals surface area contributed by atoms with Gasteiger partial charge in [0, 0.05) is 6.54 Å². The molecule has 0 unspecified atom stereocenters. The van der Waals surface area contributed by atoms with E-state index in [0.717, 1.165) is 13.0 Å². The van der Waals surface area contributed by atoms with Gasteiger partial charge >= 0.3 is 5.97 Å². The van der Waals surface area contributed by atoms with Crippen LogP contribution in [0.5, 0.6) is 0 Å². The molecule has 0 aliphatic carbocycles. The molecule has 4 nitrogen and oxygen atoms in total. The topological polar surface area (TPSA) is 69.6 Å². The number of aliphatic hydroxyl groups excluding tert-OH is 1. The Kier molecular flexibility index (Phi) is 2.48. The van der Waals surface area contributed by atoms with E-state index in [0.29, 0.717) is 18.5 Å². The van der Waals surface area contributed by atoms with Crippen LogP contribution in [0.2, 0.25) is 0 Å². The average molecular weight is 157 g/mol. The molecule has 0 amide bonds. The van der Waals surface area contributed by atoms with Gasteiger partial charge < -0.3 is 15.5 Å². The molecule has 3 N–H and O–H groups in total. The summed E-state index contributed by atoms with van der Waals surface area (Å²) in [6.07, 6.45) is 1.58. The maximum atomic E-state index is 10.3. The first-order chi connectivity index (χ1) is 5.22. The van der Waals surface area contributed by atoms with E-state index in [-0.39, 0.29) is 0 Å². The van der Waals surface area contributed by atoms with Gasteiger partial charge in [0.25, 0.3) is 0 Å². The maximum absolute atomic E-state index is 10.3. The van der Waals surface area contributed by atoms with Crippen molar-refractivity contribution in [1.29, 1.82) is 0 Å². The van der Waals surface area contributed by atoms with Crippen LogP contribution < -0.4 is 5.32 Å². The summed E-state index contributed by atoms with van der Waals surface area (Å²) in [4.78, 5) is 10.3. The van der Waals surface area contributed by atoms with Crippen molar-refractivity contribution >= 4 is 5.97 Å². The van der Waals surface area contributed by atoms with Gasteiger partial charge in [0.15, 0.2) is 0 Å². The molecule has 0 saturated carbocycles. The molecule has 0 spiro atoms. The minimum Gasteiger partial charge on any atom is -0.502 e. The van der Waals surface area contributed by atoms with Crippen molar-refractivity contribution in [1.82, 2.24) is 5.32 Å². The fourth-order valence-corrected chi connectivity index (χ4v) is 1.11. The molecule has 0 radical (unpaired) electrons.